The summed E-state index contributed by atoms with van der Waals surface area (Å²) in [6, 6.07) is 0. The maximum Gasteiger partial charge on any atom is 0.330 e. The Morgan fingerprint density at radius 1 is 1.50 bits per heavy atom. The van der Waals surface area contributed by atoms with Gasteiger partial charge in [-0.1, -0.05) is 0 Å². The van der Waals surface area contributed by atoms with Gasteiger partial charge in [0.2, 0.25) is 0 Å². The van der Waals surface area contributed by atoms with Crippen LogP contribution in [0.5, 0.6) is 0 Å². The van der Waals surface area contributed by atoms with E-state index in [1.165, 1.54) is 6.92 Å². The van der Waals surface area contributed by atoms with E-state index >= 15 is 0 Å². The van der Waals surface area contributed by atoms with Crippen molar-refractivity contribution in [3.05, 3.63) is 26.3 Å². The van der Waals surface area contributed by atoms with Gasteiger partial charge in [-0.05, 0) is 22.9 Å². The zero-order valence-electron chi connectivity index (χ0n) is 9.15. The van der Waals surface area contributed by atoms with E-state index in [9.17, 15) is 22.4 Å². The van der Waals surface area contributed by atoms with Crippen LogP contribution in [-0.2, 0) is 11.3 Å². The van der Waals surface area contributed by atoms with Crippen LogP contribution in [0.25, 0.3) is 0 Å². The van der Waals surface area contributed by atoms with Gasteiger partial charge in [0.25, 0.3) is 5.56 Å². The van der Waals surface area contributed by atoms with E-state index in [1.807, 2.05) is 0 Å². The zero-order valence-corrected chi connectivity index (χ0v) is 10.7. The highest BCUT2D eigenvalue weighted by molar-refractivity contribution is 9.10. The number of hydrogen-bond acceptors (Lipinski definition) is 3. The molecule has 0 aliphatic rings. The summed E-state index contributed by atoms with van der Waals surface area (Å²) in [5, 5.41) is 0. The summed E-state index contributed by atoms with van der Waals surface area (Å²) in [7, 11) is 0. The Hall–Kier alpha value is -0.960. The second-order valence-electron chi connectivity index (χ2n) is 3.47. The minimum absolute atomic E-state index is 0.00855. The van der Waals surface area contributed by atoms with Gasteiger partial charge in [0.15, 0.2) is 0 Å². The number of hydrogen-bond donors (Lipinski definition) is 1. The van der Waals surface area contributed by atoms with Crippen molar-refractivity contribution in [2.45, 2.75) is 25.9 Å². The molecule has 0 aromatic carbocycles. The summed E-state index contributed by atoms with van der Waals surface area (Å²) in [5.74, 6) is -4.23. The molecule has 0 spiro atoms. The molecule has 0 radical (unpaired) electrons. The lowest BCUT2D eigenvalue weighted by Crippen LogP contribution is -2.32. The average Bonchev–Trinajstić information content (AvgIpc) is 2.25. The lowest BCUT2D eigenvalue weighted by molar-refractivity contribution is -0.168. The Morgan fingerprint density at radius 2 is 2.11 bits per heavy atom. The Labute approximate surface area is 108 Å². The molecule has 0 bridgehead atoms. The third kappa shape index (κ3) is 3.77. The Bertz CT molecular complexity index is 478. The fourth-order valence-corrected chi connectivity index (χ4v) is 1.23. The third-order valence-corrected chi connectivity index (χ3v) is 2.86. The molecule has 0 saturated heterocycles. The van der Waals surface area contributed by atoms with E-state index in [-0.39, 0.29) is 10.3 Å². The van der Waals surface area contributed by atoms with Crippen molar-refractivity contribution in [3.63, 3.8) is 0 Å². The largest absolute Gasteiger partial charge is 0.367 e. The number of aromatic nitrogens is 2. The summed E-state index contributed by atoms with van der Waals surface area (Å²) in [6.45, 7) is -0.397. The minimum Gasteiger partial charge on any atom is -0.367 e. The van der Waals surface area contributed by atoms with Crippen LogP contribution in [0.3, 0.4) is 0 Å². The molecule has 1 N–H and O–H groups in total. The molecule has 102 valence electrons. The van der Waals surface area contributed by atoms with Crippen LogP contribution in [0, 0.1) is 6.92 Å². The van der Waals surface area contributed by atoms with Crippen molar-refractivity contribution in [2.24, 2.45) is 0 Å². The number of ether oxygens (including phenoxy) is 1. The molecule has 4 nitrogen and oxygen atoms in total. The van der Waals surface area contributed by atoms with Gasteiger partial charge in [-0.15, -0.1) is 0 Å². The highest BCUT2D eigenvalue weighted by Gasteiger charge is 2.40. The summed E-state index contributed by atoms with van der Waals surface area (Å²) < 4.78 is 53.2. The summed E-state index contributed by atoms with van der Waals surface area (Å²) >= 11 is 2.97. The molecule has 1 aromatic heterocycles. The molecule has 0 atom stereocenters. The summed E-state index contributed by atoms with van der Waals surface area (Å²) in [4.78, 5) is 17.4. The van der Waals surface area contributed by atoms with Gasteiger partial charge in [-0.25, -0.2) is 13.8 Å². The van der Waals surface area contributed by atoms with Gasteiger partial charge in [-0.3, -0.25) is 4.79 Å². The molecule has 0 aliphatic carbocycles. The monoisotopic (exact) mass is 332 g/mol. The number of alkyl halides is 4. The van der Waals surface area contributed by atoms with Crippen molar-refractivity contribution in [1.29, 1.82) is 0 Å². The van der Waals surface area contributed by atoms with E-state index in [2.05, 4.69) is 30.6 Å². The smallest absolute Gasteiger partial charge is 0.330 e. The molecule has 0 aliphatic heterocycles. The number of aromatic amines is 1. The lowest BCUT2D eigenvalue weighted by atomic mass is 10.4. The number of aryl methyl sites for hydroxylation is 1. The molecular weight excluding hydrogens is 324 g/mol. The van der Waals surface area contributed by atoms with E-state index in [4.69, 9.17) is 0 Å². The zero-order chi connectivity index (χ0) is 13.9. The first-order chi connectivity index (χ1) is 8.24. The lowest BCUT2D eigenvalue weighted by Gasteiger charge is -2.14. The van der Waals surface area contributed by atoms with Crippen LogP contribution in [0.1, 0.15) is 11.5 Å². The second kappa shape index (κ2) is 5.79. The van der Waals surface area contributed by atoms with Crippen LogP contribution in [-0.4, -0.2) is 28.9 Å². The summed E-state index contributed by atoms with van der Waals surface area (Å²) in [6.07, 6.45) is -3.80. The first-order valence-corrected chi connectivity index (χ1v) is 5.52. The summed E-state index contributed by atoms with van der Waals surface area (Å²) in [5.41, 5.74) is -0.153. The molecule has 9 heteroatoms. The van der Waals surface area contributed by atoms with Crippen LogP contribution in [0.15, 0.2) is 9.27 Å². The third-order valence-electron chi connectivity index (χ3n) is 1.93. The number of nitrogens with zero attached hydrogens (tertiary/aromatic N) is 1. The van der Waals surface area contributed by atoms with Crippen molar-refractivity contribution in [2.75, 3.05) is 6.61 Å². The molecule has 0 fully saturated rings. The van der Waals surface area contributed by atoms with E-state index in [1.54, 1.807) is 0 Å². The molecule has 1 heterocycles. The number of nitrogens with one attached hydrogen (secondary N) is 1. The predicted octanol–water partition coefficient (Wildman–Crippen LogP) is 2.26. The maximum atomic E-state index is 12.5. The second-order valence-corrected chi connectivity index (χ2v) is 4.26. The van der Waals surface area contributed by atoms with Crippen LogP contribution in [0.4, 0.5) is 17.6 Å². The number of H-pyrrole nitrogens is 1. The van der Waals surface area contributed by atoms with Gasteiger partial charge in [0.1, 0.15) is 23.5 Å². The van der Waals surface area contributed by atoms with Crippen molar-refractivity contribution in [3.8, 4) is 0 Å². The Balaban J connectivity index is 2.63. The molecule has 1 rings (SSSR count). The van der Waals surface area contributed by atoms with E-state index in [0.717, 1.165) is 0 Å². The van der Waals surface area contributed by atoms with Gasteiger partial charge in [-0.2, -0.15) is 8.78 Å². The molecule has 1 aromatic rings. The quantitative estimate of drug-likeness (QED) is 0.841. The normalized spacial score (nSPS) is 12.2. The van der Waals surface area contributed by atoms with Gasteiger partial charge in [0, 0.05) is 0 Å². The highest BCUT2D eigenvalue weighted by Crippen LogP contribution is 2.23. The standard InChI is InChI=1S/C9H9BrF4N2O2/c1-4-6(10)7(17)16-5(15-4)2-18-3-9(13,14)8(11)12/h8H,2-3H2,1H3,(H,15,16,17). The Morgan fingerprint density at radius 3 is 2.61 bits per heavy atom. The first-order valence-electron chi connectivity index (χ1n) is 4.73. The number of rotatable bonds is 5. The minimum atomic E-state index is -4.22. The maximum absolute atomic E-state index is 12.5. The average molecular weight is 333 g/mol. The van der Waals surface area contributed by atoms with Gasteiger partial charge < -0.3 is 9.72 Å². The van der Waals surface area contributed by atoms with Crippen LogP contribution in [0.2, 0.25) is 0 Å². The van der Waals surface area contributed by atoms with Crippen LogP contribution >= 0.6 is 15.9 Å². The van der Waals surface area contributed by atoms with Crippen molar-refractivity contribution < 1.29 is 22.3 Å². The fourth-order valence-electron chi connectivity index (χ4n) is 1.04. The van der Waals surface area contributed by atoms with Gasteiger partial charge in [0.05, 0.1) is 5.69 Å². The van der Waals surface area contributed by atoms with Crippen molar-refractivity contribution >= 4 is 15.9 Å². The molecule has 0 unspecified atom stereocenters. The van der Waals surface area contributed by atoms with Crippen LogP contribution < -0.4 is 5.56 Å². The molecule has 18 heavy (non-hydrogen) atoms. The Kier molecular flexibility index (Phi) is 4.85. The van der Waals surface area contributed by atoms with Crippen molar-refractivity contribution in [1.82, 2.24) is 9.97 Å². The molecule has 0 amide bonds. The number of halogens is 5. The highest BCUT2D eigenvalue weighted by atomic mass is 79.9. The van der Waals surface area contributed by atoms with E-state index in [0.29, 0.717) is 5.69 Å². The topological polar surface area (TPSA) is 55.0 Å². The predicted molar refractivity (Wildman–Crippen MR) is 57.9 cm³/mol. The molecular formula is C9H9BrF4N2O2. The SMILES string of the molecule is Cc1nc(COCC(F)(F)C(F)F)[nH]c(=O)c1Br. The fraction of sp³-hybridized carbons (Fsp3) is 0.556. The first kappa shape index (κ1) is 15.1. The van der Waals surface area contributed by atoms with Gasteiger partial charge >= 0.3 is 12.3 Å². The van der Waals surface area contributed by atoms with E-state index < -0.39 is 31.1 Å². The molecule has 0 saturated carbocycles.